The molecule has 0 amide bonds. The van der Waals surface area contributed by atoms with Gasteiger partial charge in [0, 0.05) is 6.04 Å². The van der Waals surface area contributed by atoms with Crippen LogP contribution in [0.2, 0.25) is 0 Å². The number of aryl methyl sites for hydroxylation is 1. The van der Waals surface area contributed by atoms with E-state index in [-0.39, 0.29) is 5.75 Å². The molecule has 0 saturated carbocycles. The van der Waals surface area contributed by atoms with Crippen LogP contribution in [0.15, 0.2) is 18.2 Å². The second kappa shape index (κ2) is 7.94. The van der Waals surface area contributed by atoms with E-state index < -0.39 is 6.61 Å². The van der Waals surface area contributed by atoms with Crippen molar-refractivity contribution in [3.63, 3.8) is 0 Å². The molecular formula is C14H21F2NO2. The van der Waals surface area contributed by atoms with Gasteiger partial charge in [-0.25, -0.2) is 0 Å². The summed E-state index contributed by atoms with van der Waals surface area (Å²) < 4.78 is 34.0. The molecule has 1 rings (SSSR count). The van der Waals surface area contributed by atoms with Crippen LogP contribution in [0.25, 0.3) is 0 Å². The highest BCUT2D eigenvalue weighted by Gasteiger charge is 2.11. The maximum atomic E-state index is 12.3. The van der Waals surface area contributed by atoms with Crippen molar-refractivity contribution in [2.75, 3.05) is 13.7 Å². The molecule has 0 bridgehead atoms. The Morgan fingerprint density at radius 1 is 1.26 bits per heavy atom. The number of halogens is 2. The van der Waals surface area contributed by atoms with E-state index >= 15 is 0 Å². The molecule has 0 radical (unpaired) electrons. The highest BCUT2D eigenvalue weighted by Crippen LogP contribution is 2.29. The molecule has 0 spiro atoms. The summed E-state index contributed by atoms with van der Waals surface area (Å²) in [6.45, 7) is 2.23. The van der Waals surface area contributed by atoms with Gasteiger partial charge in [0.2, 0.25) is 0 Å². The van der Waals surface area contributed by atoms with Crippen LogP contribution < -0.4 is 14.8 Å². The summed E-state index contributed by atoms with van der Waals surface area (Å²) in [6.07, 6.45) is 1.74. The number of alkyl halides is 2. The van der Waals surface area contributed by atoms with Crippen molar-refractivity contribution < 1.29 is 18.3 Å². The van der Waals surface area contributed by atoms with Gasteiger partial charge in [-0.3, -0.25) is 0 Å². The number of rotatable bonds is 8. The molecule has 1 atom stereocenters. The lowest BCUT2D eigenvalue weighted by Gasteiger charge is -2.14. The summed E-state index contributed by atoms with van der Waals surface area (Å²) in [5.74, 6) is 0.412. The summed E-state index contributed by atoms with van der Waals surface area (Å²) in [5, 5.41) is 3.31. The Kier molecular flexibility index (Phi) is 6.56. The Morgan fingerprint density at radius 2 is 2.00 bits per heavy atom. The van der Waals surface area contributed by atoms with Crippen molar-refractivity contribution in [2.24, 2.45) is 0 Å². The first kappa shape index (κ1) is 15.7. The second-order valence-corrected chi connectivity index (χ2v) is 4.36. The highest BCUT2D eigenvalue weighted by molar-refractivity contribution is 5.43. The smallest absolute Gasteiger partial charge is 0.387 e. The fourth-order valence-electron chi connectivity index (χ4n) is 1.90. The first-order valence-electron chi connectivity index (χ1n) is 6.42. The van der Waals surface area contributed by atoms with Crippen molar-refractivity contribution in [3.05, 3.63) is 23.8 Å². The Balaban J connectivity index is 2.69. The van der Waals surface area contributed by atoms with Crippen molar-refractivity contribution in [1.29, 1.82) is 0 Å². The van der Waals surface area contributed by atoms with Gasteiger partial charge >= 0.3 is 6.61 Å². The number of methoxy groups -OCH3 is 1. The van der Waals surface area contributed by atoms with Crippen LogP contribution in [0.5, 0.6) is 11.5 Å². The minimum atomic E-state index is -2.84. The fraction of sp³-hybridized carbons (Fsp3) is 0.571. The number of nitrogens with one attached hydrogen (secondary N) is 1. The van der Waals surface area contributed by atoms with E-state index in [9.17, 15) is 8.78 Å². The van der Waals surface area contributed by atoms with Gasteiger partial charge < -0.3 is 14.8 Å². The van der Waals surface area contributed by atoms with E-state index in [1.54, 1.807) is 12.1 Å². The highest BCUT2D eigenvalue weighted by atomic mass is 19.3. The summed E-state index contributed by atoms with van der Waals surface area (Å²) in [7, 11) is 1.43. The molecule has 108 valence electrons. The van der Waals surface area contributed by atoms with Crippen LogP contribution in [-0.4, -0.2) is 26.3 Å². The zero-order valence-electron chi connectivity index (χ0n) is 11.6. The Morgan fingerprint density at radius 3 is 2.58 bits per heavy atom. The monoisotopic (exact) mass is 273 g/mol. The molecule has 0 aliphatic carbocycles. The number of hydrogen-bond acceptors (Lipinski definition) is 3. The van der Waals surface area contributed by atoms with Gasteiger partial charge in [-0.2, -0.15) is 8.78 Å². The Labute approximate surface area is 112 Å². The molecule has 0 fully saturated rings. The molecule has 5 heteroatoms. The molecule has 3 nitrogen and oxygen atoms in total. The molecule has 1 aromatic carbocycles. The topological polar surface area (TPSA) is 30.5 Å². The minimum absolute atomic E-state index is 0.0890. The molecule has 0 saturated heterocycles. The van der Waals surface area contributed by atoms with Gasteiger partial charge in [0.25, 0.3) is 0 Å². The van der Waals surface area contributed by atoms with Crippen LogP contribution in [0.1, 0.15) is 25.8 Å². The Hall–Kier alpha value is -1.36. The van der Waals surface area contributed by atoms with Crippen molar-refractivity contribution >= 4 is 0 Å². The van der Waals surface area contributed by atoms with E-state index in [1.807, 2.05) is 6.07 Å². The lowest BCUT2D eigenvalue weighted by Crippen LogP contribution is -2.25. The van der Waals surface area contributed by atoms with E-state index in [0.29, 0.717) is 11.8 Å². The van der Waals surface area contributed by atoms with Crippen LogP contribution >= 0.6 is 0 Å². The summed E-state index contributed by atoms with van der Waals surface area (Å²) in [5.41, 5.74) is 0.959. The number of benzene rings is 1. The molecule has 0 aliphatic rings. The van der Waals surface area contributed by atoms with Crippen molar-refractivity contribution in [1.82, 2.24) is 5.32 Å². The van der Waals surface area contributed by atoms with E-state index in [2.05, 4.69) is 23.9 Å². The molecule has 19 heavy (non-hydrogen) atoms. The normalized spacial score (nSPS) is 12.5. The van der Waals surface area contributed by atoms with Crippen LogP contribution in [0, 0.1) is 0 Å². The average Bonchev–Trinajstić information content (AvgIpc) is 2.36. The van der Waals surface area contributed by atoms with Crippen molar-refractivity contribution in [3.8, 4) is 11.5 Å². The zero-order valence-corrected chi connectivity index (χ0v) is 11.6. The molecular weight excluding hydrogens is 252 g/mol. The Bertz CT molecular complexity index is 386. The summed E-state index contributed by atoms with van der Waals surface area (Å²) >= 11 is 0. The van der Waals surface area contributed by atoms with Gasteiger partial charge in [0.15, 0.2) is 11.5 Å². The van der Waals surface area contributed by atoms with Crippen LogP contribution in [0.3, 0.4) is 0 Å². The maximum Gasteiger partial charge on any atom is 0.387 e. The van der Waals surface area contributed by atoms with E-state index in [0.717, 1.165) is 24.9 Å². The largest absolute Gasteiger partial charge is 0.493 e. The molecule has 0 aromatic heterocycles. The first-order chi connectivity index (χ1) is 9.06. The minimum Gasteiger partial charge on any atom is -0.493 e. The van der Waals surface area contributed by atoms with Gasteiger partial charge in [-0.15, -0.1) is 0 Å². The number of ether oxygens (including phenoxy) is 2. The van der Waals surface area contributed by atoms with Crippen LogP contribution in [0.4, 0.5) is 8.78 Å². The maximum absolute atomic E-state index is 12.3. The third kappa shape index (κ3) is 5.42. The molecule has 1 aromatic rings. The number of hydrogen-bond donors (Lipinski definition) is 1. The predicted octanol–water partition coefficient (Wildman–Crippen LogP) is 3.23. The predicted molar refractivity (Wildman–Crippen MR) is 71.1 cm³/mol. The first-order valence-corrected chi connectivity index (χ1v) is 6.42. The average molecular weight is 273 g/mol. The zero-order chi connectivity index (χ0) is 14.3. The van der Waals surface area contributed by atoms with Gasteiger partial charge in [-0.1, -0.05) is 13.0 Å². The lowest BCUT2D eigenvalue weighted by atomic mass is 10.1. The quantitative estimate of drug-likeness (QED) is 0.789. The molecule has 1 unspecified atom stereocenters. The molecule has 0 heterocycles. The van der Waals surface area contributed by atoms with Gasteiger partial charge in [0.1, 0.15) is 0 Å². The second-order valence-electron chi connectivity index (χ2n) is 4.36. The third-order valence-electron chi connectivity index (χ3n) is 2.86. The van der Waals surface area contributed by atoms with Crippen LogP contribution in [-0.2, 0) is 6.42 Å². The SMILES string of the molecule is CCNC(C)CCc1ccc(OC)c(OC(F)F)c1. The molecule has 1 N–H and O–H groups in total. The third-order valence-corrected chi connectivity index (χ3v) is 2.86. The standard InChI is InChI=1S/C14H21F2NO2/c1-4-17-10(2)5-6-11-7-8-12(18-3)13(9-11)19-14(15)16/h7-10,14,17H,4-6H2,1-3H3. The fourth-order valence-corrected chi connectivity index (χ4v) is 1.90. The van der Waals surface area contributed by atoms with Crippen molar-refractivity contribution in [2.45, 2.75) is 39.3 Å². The summed E-state index contributed by atoms with van der Waals surface area (Å²) in [6, 6.07) is 5.54. The lowest BCUT2D eigenvalue weighted by molar-refractivity contribution is -0.0512. The van der Waals surface area contributed by atoms with Gasteiger partial charge in [0.05, 0.1) is 7.11 Å². The van der Waals surface area contributed by atoms with E-state index in [4.69, 9.17) is 4.74 Å². The molecule has 0 aliphatic heterocycles. The van der Waals surface area contributed by atoms with E-state index in [1.165, 1.54) is 7.11 Å². The van der Waals surface area contributed by atoms with Gasteiger partial charge in [-0.05, 0) is 44.0 Å². The summed E-state index contributed by atoms with van der Waals surface area (Å²) in [4.78, 5) is 0.